The van der Waals surface area contributed by atoms with E-state index in [0.29, 0.717) is 30.1 Å². The molecule has 2 aliphatic carbocycles. The summed E-state index contributed by atoms with van der Waals surface area (Å²) in [6.45, 7) is 1.08. The second kappa shape index (κ2) is 8.41. The van der Waals surface area contributed by atoms with Gasteiger partial charge in [-0.05, 0) is 48.9 Å². The van der Waals surface area contributed by atoms with E-state index in [9.17, 15) is 13.2 Å². The Kier molecular flexibility index (Phi) is 6.52. The first-order chi connectivity index (χ1) is 13.2. The summed E-state index contributed by atoms with van der Waals surface area (Å²) in [5.41, 5.74) is -6.09. The molecule has 2 saturated carbocycles. The van der Waals surface area contributed by atoms with Gasteiger partial charge in [0, 0.05) is 11.3 Å². The van der Waals surface area contributed by atoms with Crippen molar-refractivity contribution >= 4 is 12.6 Å². The van der Waals surface area contributed by atoms with Gasteiger partial charge in [0.05, 0.1) is 0 Å². The molecule has 28 heavy (non-hydrogen) atoms. The van der Waals surface area contributed by atoms with Gasteiger partial charge in [0.15, 0.2) is 23.7 Å². The molecule has 2 fully saturated rings. The van der Waals surface area contributed by atoms with Crippen LogP contribution in [0.25, 0.3) is 0 Å². The van der Waals surface area contributed by atoms with E-state index in [-0.39, 0.29) is 18.6 Å². The Labute approximate surface area is 168 Å². The number of halogens is 5. The summed E-state index contributed by atoms with van der Waals surface area (Å²) in [4.78, 5) is 0.641. The summed E-state index contributed by atoms with van der Waals surface area (Å²) in [7, 11) is 0. The smallest absolute Gasteiger partial charge is 0.184 e. The number of rotatable bonds is 5. The van der Waals surface area contributed by atoms with E-state index < -0.39 is 42.4 Å². The molecule has 5 unspecified atom stereocenters. The van der Waals surface area contributed by atoms with Crippen molar-refractivity contribution in [2.24, 2.45) is 11.8 Å². The van der Waals surface area contributed by atoms with Crippen LogP contribution in [0.2, 0.25) is 0 Å². The molecule has 5 atom stereocenters. The number of benzene rings is 1. The third kappa shape index (κ3) is 4.01. The van der Waals surface area contributed by atoms with Crippen LogP contribution in [0.1, 0.15) is 39.0 Å². The maximum Gasteiger partial charge on any atom is 0.184 e. The van der Waals surface area contributed by atoms with Gasteiger partial charge in [-0.2, -0.15) is 0 Å². The van der Waals surface area contributed by atoms with Crippen LogP contribution in [0.4, 0.5) is 22.0 Å². The van der Waals surface area contributed by atoms with Crippen molar-refractivity contribution < 1.29 is 26.7 Å². The predicted molar refractivity (Wildman–Crippen MR) is 102 cm³/mol. The molecule has 7 heteroatoms. The van der Waals surface area contributed by atoms with E-state index >= 15 is 8.78 Å². The monoisotopic (exact) mass is 421 g/mol. The van der Waals surface area contributed by atoms with Crippen molar-refractivity contribution in [2.75, 3.05) is 6.61 Å². The first-order valence-electron chi connectivity index (χ1n) is 9.78. The Bertz CT molecular complexity index is 651. The SMILES string of the molecule is CC[C@H]1CC[C@H](C2(F)C(F)[CH]C(F)(COc3ccc(S)cc3)C(F)C2F)CC1. The van der Waals surface area contributed by atoms with Gasteiger partial charge in [0.25, 0.3) is 0 Å². The molecule has 0 N–H and O–H groups in total. The molecule has 3 rings (SSSR count). The Morgan fingerprint density at radius 2 is 1.61 bits per heavy atom. The molecule has 1 radical (unpaired) electrons. The van der Waals surface area contributed by atoms with Crippen LogP contribution >= 0.6 is 12.6 Å². The number of hydrogen-bond acceptors (Lipinski definition) is 2. The highest BCUT2D eigenvalue weighted by molar-refractivity contribution is 7.80. The molecule has 1 nitrogen and oxygen atoms in total. The molecule has 2 aliphatic rings. The van der Waals surface area contributed by atoms with Gasteiger partial charge in [-0.25, -0.2) is 22.0 Å². The van der Waals surface area contributed by atoms with Crippen molar-refractivity contribution in [1.82, 2.24) is 0 Å². The van der Waals surface area contributed by atoms with Crippen LogP contribution < -0.4 is 4.74 Å². The maximum atomic E-state index is 15.4. The summed E-state index contributed by atoms with van der Waals surface area (Å²) >= 11 is 4.10. The van der Waals surface area contributed by atoms with Crippen molar-refractivity contribution in [1.29, 1.82) is 0 Å². The standard InChI is InChI=1S/C21H26F5OS/c1-2-13-3-5-14(6-4-13)21(26)17(22)11-20(25,18(23)19(21)24)12-27-15-7-9-16(28)10-8-15/h7-11,13-14,17-19,28H,2-6,12H2,1H3/t13-,14-,17?,18?,19?,20?,21?. The van der Waals surface area contributed by atoms with E-state index in [4.69, 9.17) is 4.74 Å². The Balaban J connectivity index is 1.70. The van der Waals surface area contributed by atoms with Gasteiger partial charge in [-0.3, -0.25) is 0 Å². The highest BCUT2D eigenvalue weighted by Crippen LogP contribution is 2.52. The van der Waals surface area contributed by atoms with Crippen LogP contribution in [-0.2, 0) is 0 Å². The third-order valence-electron chi connectivity index (χ3n) is 6.33. The molecular weight excluding hydrogens is 395 g/mol. The zero-order valence-electron chi connectivity index (χ0n) is 15.8. The largest absolute Gasteiger partial charge is 0.490 e. The van der Waals surface area contributed by atoms with Crippen molar-refractivity contribution in [3.63, 3.8) is 0 Å². The molecular formula is C21H26F5OS. The second-order valence-corrected chi connectivity index (χ2v) is 8.55. The quantitative estimate of drug-likeness (QED) is 0.439. The van der Waals surface area contributed by atoms with Crippen LogP contribution in [0.5, 0.6) is 5.75 Å². The molecule has 0 amide bonds. The molecule has 0 saturated heterocycles. The fourth-order valence-electron chi connectivity index (χ4n) is 4.41. The summed E-state index contributed by atoms with van der Waals surface area (Å²) in [6.07, 6.45) is -5.16. The van der Waals surface area contributed by atoms with Gasteiger partial charge >= 0.3 is 0 Å². The van der Waals surface area contributed by atoms with E-state index in [1.54, 1.807) is 12.1 Å². The zero-order valence-corrected chi connectivity index (χ0v) is 16.7. The maximum absolute atomic E-state index is 15.4. The van der Waals surface area contributed by atoms with Crippen molar-refractivity contribution in [3.05, 3.63) is 30.7 Å². The van der Waals surface area contributed by atoms with Gasteiger partial charge in [0.1, 0.15) is 18.5 Å². The fraction of sp³-hybridized carbons (Fsp3) is 0.667. The minimum absolute atomic E-state index is 0.205. The molecule has 0 aromatic heterocycles. The lowest BCUT2D eigenvalue weighted by molar-refractivity contribution is -0.159. The second-order valence-electron chi connectivity index (χ2n) is 8.03. The van der Waals surface area contributed by atoms with Gasteiger partial charge in [-0.15, -0.1) is 12.6 Å². The van der Waals surface area contributed by atoms with E-state index in [1.807, 2.05) is 6.92 Å². The van der Waals surface area contributed by atoms with Crippen LogP contribution in [0.15, 0.2) is 29.2 Å². The Morgan fingerprint density at radius 3 is 2.18 bits per heavy atom. The molecule has 0 spiro atoms. The summed E-state index contributed by atoms with van der Waals surface area (Å²) in [5.74, 6) is -0.360. The van der Waals surface area contributed by atoms with Crippen LogP contribution in [0.3, 0.4) is 0 Å². The van der Waals surface area contributed by atoms with E-state index in [2.05, 4.69) is 12.6 Å². The van der Waals surface area contributed by atoms with Gasteiger partial charge in [-0.1, -0.05) is 26.2 Å². The molecule has 1 aromatic carbocycles. The molecule has 0 heterocycles. The Hall–Kier alpha value is -0.980. The molecule has 0 bridgehead atoms. The number of ether oxygens (including phenoxy) is 1. The summed E-state index contributed by atoms with van der Waals surface area (Å²) < 4.78 is 79.9. The van der Waals surface area contributed by atoms with Gasteiger partial charge < -0.3 is 4.74 Å². The van der Waals surface area contributed by atoms with E-state index in [0.717, 1.165) is 6.42 Å². The van der Waals surface area contributed by atoms with Gasteiger partial charge in [0.2, 0.25) is 0 Å². The van der Waals surface area contributed by atoms with Crippen LogP contribution in [0, 0.1) is 18.3 Å². The Morgan fingerprint density at radius 1 is 1.00 bits per heavy atom. The zero-order chi connectivity index (χ0) is 20.5. The average molecular weight is 421 g/mol. The van der Waals surface area contributed by atoms with E-state index in [1.165, 1.54) is 12.1 Å². The summed E-state index contributed by atoms with van der Waals surface area (Å²) in [6, 6.07) is 6.12. The molecule has 1 aromatic rings. The highest BCUT2D eigenvalue weighted by atomic mass is 32.1. The average Bonchev–Trinajstić information content (AvgIpc) is 2.70. The first-order valence-corrected chi connectivity index (χ1v) is 10.2. The van der Waals surface area contributed by atoms with Crippen molar-refractivity contribution in [3.8, 4) is 5.75 Å². The topological polar surface area (TPSA) is 9.23 Å². The summed E-state index contributed by atoms with van der Waals surface area (Å²) in [5, 5.41) is 0. The lowest BCUT2D eigenvalue weighted by atomic mass is 9.64. The molecule has 157 valence electrons. The first kappa shape index (κ1) is 21.7. The van der Waals surface area contributed by atoms with Crippen molar-refractivity contribution in [2.45, 2.75) is 73.8 Å². The fourth-order valence-corrected chi connectivity index (χ4v) is 4.56. The van der Waals surface area contributed by atoms with Crippen LogP contribution in [-0.4, -0.2) is 36.5 Å². The molecule has 0 aliphatic heterocycles. The minimum atomic E-state index is -3.05. The predicted octanol–water partition coefficient (Wildman–Crippen LogP) is 6.22. The highest BCUT2D eigenvalue weighted by Gasteiger charge is 2.67. The normalized spacial score (nSPS) is 41.6. The number of hydrogen-bond donors (Lipinski definition) is 1. The minimum Gasteiger partial charge on any atom is -0.490 e. The third-order valence-corrected chi connectivity index (χ3v) is 6.63. The number of thiol groups is 1. The lowest BCUT2D eigenvalue weighted by Gasteiger charge is -2.49. The lowest BCUT2D eigenvalue weighted by Crippen LogP contribution is -2.66. The number of alkyl halides is 5.